The maximum absolute atomic E-state index is 12.8. The highest BCUT2D eigenvalue weighted by Gasteiger charge is 2.35. The van der Waals surface area contributed by atoms with E-state index in [9.17, 15) is 13.2 Å². The third-order valence-electron chi connectivity index (χ3n) is 5.38. The summed E-state index contributed by atoms with van der Waals surface area (Å²) >= 11 is 0. The highest BCUT2D eigenvalue weighted by Crippen LogP contribution is 2.34. The molecule has 2 unspecified atom stereocenters. The summed E-state index contributed by atoms with van der Waals surface area (Å²) in [4.78, 5) is 14.9. The van der Waals surface area contributed by atoms with Crippen molar-refractivity contribution in [1.29, 1.82) is 0 Å². The zero-order valence-corrected chi connectivity index (χ0v) is 17.0. The van der Waals surface area contributed by atoms with Crippen LogP contribution in [0, 0.1) is 5.92 Å². The van der Waals surface area contributed by atoms with Crippen LogP contribution in [0.4, 0.5) is 5.69 Å². The van der Waals surface area contributed by atoms with Gasteiger partial charge in [-0.05, 0) is 49.4 Å². The fraction of sp³-hybridized carbons (Fsp3) is 0.611. The Bertz CT molecular complexity index is 765. The lowest BCUT2D eigenvalue weighted by Gasteiger charge is -2.22. The van der Waals surface area contributed by atoms with E-state index in [4.69, 9.17) is 5.73 Å². The number of hydrogen-bond donors (Lipinski definition) is 1. The second-order valence-electron chi connectivity index (χ2n) is 6.89. The van der Waals surface area contributed by atoms with Crippen LogP contribution in [-0.4, -0.2) is 44.3 Å². The van der Waals surface area contributed by atoms with Gasteiger partial charge in [0.25, 0.3) is 0 Å². The summed E-state index contributed by atoms with van der Waals surface area (Å²) in [6.45, 7) is 5.18. The summed E-state index contributed by atoms with van der Waals surface area (Å²) in [7, 11) is -3.47. The lowest BCUT2D eigenvalue weighted by molar-refractivity contribution is -0.122. The molecule has 1 saturated carbocycles. The second kappa shape index (κ2) is 8.25. The van der Waals surface area contributed by atoms with E-state index < -0.39 is 10.0 Å². The molecule has 0 aromatic heterocycles. The molecule has 8 heteroatoms. The molecule has 2 aliphatic rings. The molecule has 1 aliphatic carbocycles. The molecule has 0 saturated heterocycles. The normalized spacial score (nSPS) is 22.4. The van der Waals surface area contributed by atoms with Gasteiger partial charge in [0.15, 0.2) is 0 Å². The third-order valence-corrected chi connectivity index (χ3v) is 7.42. The first-order valence-electron chi connectivity index (χ1n) is 9.08. The summed E-state index contributed by atoms with van der Waals surface area (Å²) in [5.74, 6) is 0.131. The third kappa shape index (κ3) is 3.76. The van der Waals surface area contributed by atoms with Crippen molar-refractivity contribution in [1.82, 2.24) is 4.31 Å². The number of nitrogens with two attached hydrogens (primary N) is 1. The Labute approximate surface area is 162 Å². The molecule has 0 spiro atoms. The van der Waals surface area contributed by atoms with Crippen LogP contribution in [0.15, 0.2) is 23.1 Å². The van der Waals surface area contributed by atoms with Crippen LogP contribution in [-0.2, 0) is 21.2 Å². The van der Waals surface area contributed by atoms with Gasteiger partial charge in [0, 0.05) is 37.3 Å². The predicted molar refractivity (Wildman–Crippen MR) is 105 cm³/mol. The minimum absolute atomic E-state index is 0. The number of rotatable bonds is 5. The molecule has 3 rings (SSSR count). The molecule has 1 aromatic carbocycles. The highest BCUT2D eigenvalue weighted by molar-refractivity contribution is 7.89. The first kappa shape index (κ1) is 21.2. The fourth-order valence-corrected chi connectivity index (χ4v) is 5.45. The number of sulfonamides is 1. The topological polar surface area (TPSA) is 83.7 Å². The van der Waals surface area contributed by atoms with Crippen LogP contribution >= 0.6 is 12.4 Å². The molecule has 6 nitrogen and oxygen atoms in total. The molecule has 1 aliphatic heterocycles. The van der Waals surface area contributed by atoms with Gasteiger partial charge in [-0.3, -0.25) is 4.79 Å². The average molecular weight is 402 g/mol. The van der Waals surface area contributed by atoms with E-state index in [1.807, 2.05) is 18.7 Å². The molecule has 146 valence electrons. The van der Waals surface area contributed by atoms with Crippen molar-refractivity contribution in [3.63, 3.8) is 0 Å². The van der Waals surface area contributed by atoms with Gasteiger partial charge in [-0.15, -0.1) is 12.4 Å². The van der Waals surface area contributed by atoms with Crippen molar-refractivity contribution in [3.05, 3.63) is 23.8 Å². The van der Waals surface area contributed by atoms with Crippen molar-refractivity contribution < 1.29 is 13.2 Å². The second-order valence-corrected chi connectivity index (χ2v) is 8.83. The number of carbonyl (C=O) groups excluding carboxylic acids is 1. The molecule has 0 bridgehead atoms. The Kier molecular flexibility index (Phi) is 6.71. The maximum Gasteiger partial charge on any atom is 0.243 e. The van der Waals surface area contributed by atoms with Gasteiger partial charge in [0.05, 0.1) is 4.90 Å². The van der Waals surface area contributed by atoms with Crippen molar-refractivity contribution >= 4 is 34.0 Å². The zero-order chi connectivity index (χ0) is 18.2. The van der Waals surface area contributed by atoms with Gasteiger partial charge in [0.2, 0.25) is 15.9 Å². The van der Waals surface area contributed by atoms with Gasteiger partial charge in [-0.1, -0.05) is 13.8 Å². The van der Waals surface area contributed by atoms with E-state index in [0.29, 0.717) is 31.0 Å². The number of amides is 1. The van der Waals surface area contributed by atoms with E-state index in [1.165, 1.54) is 4.31 Å². The van der Waals surface area contributed by atoms with Gasteiger partial charge >= 0.3 is 0 Å². The van der Waals surface area contributed by atoms with E-state index in [1.54, 1.807) is 18.2 Å². The quantitative estimate of drug-likeness (QED) is 0.819. The Hall–Kier alpha value is -1.15. The molecule has 1 fully saturated rings. The van der Waals surface area contributed by atoms with Crippen molar-refractivity contribution in [3.8, 4) is 0 Å². The van der Waals surface area contributed by atoms with Crippen LogP contribution in [0.2, 0.25) is 0 Å². The molecule has 26 heavy (non-hydrogen) atoms. The van der Waals surface area contributed by atoms with Crippen LogP contribution in [0.1, 0.15) is 38.7 Å². The molecule has 1 aromatic rings. The number of carbonyl (C=O) groups is 1. The summed E-state index contributed by atoms with van der Waals surface area (Å²) in [5.41, 5.74) is 7.72. The molecule has 1 heterocycles. The first-order chi connectivity index (χ1) is 11.9. The van der Waals surface area contributed by atoms with E-state index in [0.717, 1.165) is 30.5 Å². The fourth-order valence-electron chi connectivity index (χ4n) is 3.94. The summed E-state index contributed by atoms with van der Waals surface area (Å²) in [5, 5.41) is 0. The van der Waals surface area contributed by atoms with Crippen LogP contribution in [0.25, 0.3) is 0 Å². The van der Waals surface area contributed by atoms with Crippen molar-refractivity contribution in [2.45, 2.75) is 50.5 Å². The van der Waals surface area contributed by atoms with Crippen molar-refractivity contribution in [2.75, 3.05) is 24.5 Å². The molecule has 2 N–H and O–H groups in total. The Morgan fingerprint density at radius 1 is 1.27 bits per heavy atom. The number of fused-ring (bicyclic) bond motifs is 1. The number of benzene rings is 1. The highest BCUT2D eigenvalue weighted by atomic mass is 35.5. The zero-order valence-electron chi connectivity index (χ0n) is 15.3. The molecule has 0 radical (unpaired) electrons. The summed E-state index contributed by atoms with van der Waals surface area (Å²) < 4.78 is 26.8. The van der Waals surface area contributed by atoms with Gasteiger partial charge < -0.3 is 10.6 Å². The van der Waals surface area contributed by atoms with Gasteiger partial charge in [0.1, 0.15) is 0 Å². The Balaban J connectivity index is 0.00000243. The summed E-state index contributed by atoms with van der Waals surface area (Å²) in [6, 6.07) is 5.26. The summed E-state index contributed by atoms with van der Waals surface area (Å²) in [6.07, 6.45) is 3.19. The maximum atomic E-state index is 12.8. The SMILES string of the molecule is CCN(CC)S(=O)(=O)c1ccc2c(c1)CCN2C(=O)C1CCC(N)C1.Cl. The smallest absolute Gasteiger partial charge is 0.243 e. The van der Waals surface area contributed by atoms with Gasteiger partial charge in [-0.25, -0.2) is 8.42 Å². The Morgan fingerprint density at radius 2 is 1.96 bits per heavy atom. The van der Waals surface area contributed by atoms with E-state index in [-0.39, 0.29) is 30.3 Å². The lowest BCUT2D eigenvalue weighted by atomic mass is 10.1. The lowest BCUT2D eigenvalue weighted by Crippen LogP contribution is -2.34. The largest absolute Gasteiger partial charge is 0.328 e. The average Bonchev–Trinajstić information content (AvgIpc) is 3.20. The molecular formula is C18H28ClN3O3S. The number of nitrogens with zero attached hydrogens (tertiary/aromatic N) is 2. The molecule has 2 atom stereocenters. The van der Waals surface area contributed by atoms with Crippen LogP contribution < -0.4 is 10.6 Å². The monoisotopic (exact) mass is 401 g/mol. The van der Waals surface area contributed by atoms with Gasteiger partial charge in [-0.2, -0.15) is 4.31 Å². The minimum Gasteiger partial charge on any atom is -0.328 e. The minimum atomic E-state index is -3.47. The Morgan fingerprint density at radius 3 is 2.54 bits per heavy atom. The standard InChI is InChI=1S/C18H27N3O3S.ClH/c1-3-20(4-2)25(23,24)16-7-8-17-13(12-16)9-10-21(17)18(22)14-5-6-15(19)11-14;/h7-8,12,14-15H,3-6,9-11,19H2,1-2H3;1H. The number of halogens is 1. The number of anilines is 1. The van der Waals surface area contributed by atoms with E-state index >= 15 is 0 Å². The first-order valence-corrected chi connectivity index (χ1v) is 10.5. The van der Waals surface area contributed by atoms with Crippen LogP contribution in [0.3, 0.4) is 0 Å². The molecular weight excluding hydrogens is 374 g/mol. The predicted octanol–water partition coefficient (Wildman–Crippen LogP) is 2.16. The van der Waals surface area contributed by atoms with Crippen LogP contribution in [0.5, 0.6) is 0 Å². The number of hydrogen-bond acceptors (Lipinski definition) is 4. The van der Waals surface area contributed by atoms with E-state index in [2.05, 4.69) is 0 Å². The molecule has 1 amide bonds. The van der Waals surface area contributed by atoms with Crippen molar-refractivity contribution in [2.24, 2.45) is 11.7 Å².